The van der Waals surface area contributed by atoms with Crippen LogP contribution in [-0.4, -0.2) is 26.2 Å². The normalized spacial score (nSPS) is 12.5. The summed E-state index contributed by atoms with van der Waals surface area (Å²) in [6.07, 6.45) is 2.98. The van der Waals surface area contributed by atoms with Gasteiger partial charge in [0.2, 0.25) is 0 Å². The Morgan fingerprint density at radius 1 is 1.33 bits per heavy atom. The van der Waals surface area contributed by atoms with Crippen LogP contribution in [0.5, 0.6) is 0 Å². The van der Waals surface area contributed by atoms with Crippen molar-refractivity contribution in [2.45, 2.75) is 24.0 Å². The number of thioether (sulfide) groups is 1. The molecule has 6 nitrogen and oxygen atoms in total. The maximum Gasteiger partial charge on any atom is 0.317 e. The van der Waals surface area contributed by atoms with E-state index in [0.717, 1.165) is 0 Å². The monoisotopic (exact) mass is 306 g/mol. The Labute approximate surface area is 125 Å². The van der Waals surface area contributed by atoms with Crippen LogP contribution in [0.1, 0.15) is 13.8 Å². The Morgan fingerprint density at radius 2 is 2.05 bits per heavy atom. The van der Waals surface area contributed by atoms with E-state index in [1.54, 1.807) is 18.3 Å². The zero-order chi connectivity index (χ0) is 15.6. The summed E-state index contributed by atoms with van der Waals surface area (Å²) in [6.45, 7) is 3.67. The Hall–Kier alpha value is -2.15. The molecule has 1 unspecified atom stereocenters. The first kappa shape index (κ1) is 15.2. The molecule has 0 fully saturated rings. The predicted molar refractivity (Wildman–Crippen MR) is 80.5 cm³/mol. The minimum atomic E-state index is -0.893. The Bertz CT molecular complexity index is 702. The summed E-state index contributed by atoms with van der Waals surface area (Å²) in [5, 5.41) is 20.8. The van der Waals surface area contributed by atoms with Crippen LogP contribution >= 0.6 is 11.8 Å². The topological polar surface area (TPSA) is 93.3 Å². The number of aromatic nitrogens is 1. The summed E-state index contributed by atoms with van der Waals surface area (Å²) in [6, 6.07) is 4.67. The van der Waals surface area contributed by atoms with Crippen LogP contribution in [0.3, 0.4) is 0 Å². The highest BCUT2D eigenvalue weighted by molar-refractivity contribution is 8.00. The van der Waals surface area contributed by atoms with E-state index in [9.17, 15) is 20.0 Å². The van der Waals surface area contributed by atoms with Gasteiger partial charge in [-0.15, -0.1) is 11.8 Å². The summed E-state index contributed by atoms with van der Waals surface area (Å²) in [7, 11) is 0. The number of carboxylic acids is 1. The van der Waals surface area contributed by atoms with E-state index in [0.29, 0.717) is 15.7 Å². The number of rotatable bonds is 5. The molecule has 110 valence electrons. The van der Waals surface area contributed by atoms with Gasteiger partial charge in [-0.1, -0.05) is 13.8 Å². The molecule has 1 aromatic carbocycles. The third-order valence-electron chi connectivity index (χ3n) is 3.05. The smallest absolute Gasteiger partial charge is 0.317 e. The maximum absolute atomic E-state index is 11.3. The number of hydrogen-bond acceptors (Lipinski definition) is 5. The van der Waals surface area contributed by atoms with Gasteiger partial charge in [-0.3, -0.25) is 19.9 Å². The van der Waals surface area contributed by atoms with Gasteiger partial charge in [0.1, 0.15) is 5.25 Å². The van der Waals surface area contributed by atoms with Gasteiger partial charge in [0.15, 0.2) is 0 Å². The summed E-state index contributed by atoms with van der Waals surface area (Å²) in [5.74, 6) is -0.949. The molecular formula is C14H14N2O4S. The third-order valence-corrected chi connectivity index (χ3v) is 4.66. The highest BCUT2D eigenvalue weighted by Crippen LogP contribution is 2.37. The fourth-order valence-corrected chi connectivity index (χ4v) is 3.12. The van der Waals surface area contributed by atoms with Crippen LogP contribution in [0.15, 0.2) is 35.5 Å². The highest BCUT2D eigenvalue weighted by Gasteiger charge is 2.24. The van der Waals surface area contributed by atoms with E-state index >= 15 is 0 Å². The number of nitro benzene ring substituents is 1. The number of aliphatic carboxylic acids is 1. The third kappa shape index (κ3) is 3.13. The molecule has 1 N–H and O–H groups in total. The highest BCUT2D eigenvalue weighted by atomic mass is 32.2. The molecule has 1 aromatic heterocycles. The van der Waals surface area contributed by atoms with Crippen LogP contribution < -0.4 is 0 Å². The second-order valence-electron chi connectivity index (χ2n) is 4.88. The number of carbonyl (C=O) groups is 1. The molecule has 1 heterocycles. The molecule has 0 aliphatic rings. The Balaban J connectivity index is 2.53. The van der Waals surface area contributed by atoms with Crippen LogP contribution in [0.4, 0.5) is 5.69 Å². The predicted octanol–water partition coefficient (Wildman–Crippen LogP) is 3.34. The number of hydrogen-bond donors (Lipinski definition) is 1. The van der Waals surface area contributed by atoms with Crippen molar-refractivity contribution in [3.05, 3.63) is 40.7 Å². The molecule has 2 aromatic rings. The van der Waals surface area contributed by atoms with Crippen LogP contribution in [0.2, 0.25) is 0 Å². The quantitative estimate of drug-likeness (QED) is 0.517. The minimum Gasteiger partial charge on any atom is -0.480 e. The number of nitro groups is 1. The average molecular weight is 306 g/mol. The molecule has 0 saturated carbocycles. The first-order valence-electron chi connectivity index (χ1n) is 6.32. The number of fused-ring (bicyclic) bond motifs is 1. The summed E-state index contributed by atoms with van der Waals surface area (Å²) >= 11 is 1.20. The van der Waals surface area contributed by atoms with Crippen LogP contribution in [0.25, 0.3) is 10.8 Å². The van der Waals surface area contributed by atoms with Crippen molar-refractivity contribution in [3.63, 3.8) is 0 Å². The number of carboxylic acid groups (broad SMARTS) is 1. The first-order chi connectivity index (χ1) is 9.91. The summed E-state index contributed by atoms with van der Waals surface area (Å²) in [5.41, 5.74) is -0.0288. The van der Waals surface area contributed by atoms with Crippen molar-refractivity contribution in [1.82, 2.24) is 4.98 Å². The average Bonchev–Trinajstić information content (AvgIpc) is 2.43. The van der Waals surface area contributed by atoms with Crippen LogP contribution in [-0.2, 0) is 4.79 Å². The standard InChI is InChI=1S/C14H14N2O4S/c1-8(2)13(14(17)18)21-12-4-3-11(16(19)20)10-7-15-6-5-9(10)12/h3-8,13H,1-2H3,(H,17,18). The lowest BCUT2D eigenvalue weighted by molar-refractivity contribution is -0.383. The molecule has 0 aliphatic heterocycles. The summed E-state index contributed by atoms with van der Waals surface area (Å²) < 4.78 is 0. The Kier molecular flexibility index (Phi) is 4.42. The lowest BCUT2D eigenvalue weighted by Crippen LogP contribution is -2.22. The molecule has 1 atom stereocenters. The van der Waals surface area contributed by atoms with Gasteiger partial charge >= 0.3 is 5.97 Å². The molecule has 0 saturated heterocycles. The van der Waals surface area contributed by atoms with Crippen molar-refractivity contribution >= 4 is 34.2 Å². The molecule has 0 aliphatic carbocycles. The molecule has 0 spiro atoms. The van der Waals surface area contributed by atoms with Gasteiger partial charge in [-0.2, -0.15) is 0 Å². The minimum absolute atomic E-state index is 0.0288. The van der Waals surface area contributed by atoms with Gasteiger partial charge < -0.3 is 5.11 Å². The molecule has 0 bridgehead atoms. The summed E-state index contributed by atoms with van der Waals surface area (Å²) in [4.78, 5) is 26.5. The molecule has 7 heteroatoms. The number of nitrogens with zero attached hydrogens (tertiary/aromatic N) is 2. The zero-order valence-electron chi connectivity index (χ0n) is 11.5. The maximum atomic E-state index is 11.3. The lowest BCUT2D eigenvalue weighted by atomic mass is 10.1. The number of pyridine rings is 1. The molecule has 21 heavy (non-hydrogen) atoms. The zero-order valence-corrected chi connectivity index (χ0v) is 12.3. The van der Waals surface area contributed by atoms with Gasteiger partial charge in [0, 0.05) is 28.7 Å². The van der Waals surface area contributed by atoms with Crippen molar-refractivity contribution in [2.24, 2.45) is 5.92 Å². The first-order valence-corrected chi connectivity index (χ1v) is 7.20. The lowest BCUT2D eigenvalue weighted by Gasteiger charge is -2.16. The van der Waals surface area contributed by atoms with E-state index in [1.165, 1.54) is 24.0 Å². The fourth-order valence-electron chi connectivity index (χ4n) is 2.02. The number of benzene rings is 1. The van der Waals surface area contributed by atoms with Crippen molar-refractivity contribution < 1.29 is 14.8 Å². The SMILES string of the molecule is CC(C)C(Sc1ccc([N+](=O)[O-])c2cnccc12)C(=O)O. The molecule has 2 rings (SSSR count). The second-order valence-corrected chi connectivity index (χ2v) is 6.07. The molecule has 0 radical (unpaired) electrons. The number of non-ortho nitro benzene ring substituents is 1. The van der Waals surface area contributed by atoms with Gasteiger partial charge in [0.05, 0.1) is 10.3 Å². The van der Waals surface area contributed by atoms with Crippen molar-refractivity contribution in [3.8, 4) is 0 Å². The van der Waals surface area contributed by atoms with Gasteiger partial charge in [0.25, 0.3) is 5.69 Å². The van der Waals surface area contributed by atoms with Crippen LogP contribution in [0, 0.1) is 16.0 Å². The van der Waals surface area contributed by atoms with Gasteiger partial charge in [-0.25, -0.2) is 0 Å². The fraction of sp³-hybridized carbons (Fsp3) is 0.286. The van der Waals surface area contributed by atoms with Crippen molar-refractivity contribution in [1.29, 1.82) is 0 Å². The Morgan fingerprint density at radius 3 is 2.62 bits per heavy atom. The molecule has 0 amide bonds. The van der Waals surface area contributed by atoms with Crippen molar-refractivity contribution in [2.75, 3.05) is 0 Å². The van der Waals surface area contributed by atoms with E-state index in [4.69, 9.17) is 0 Å². The van der Waals surface area contributed by atoms with E-state index in [-0.39, 0.29) is 11.6 Å². The van der Waals surface area contributed by atoms with E-state index in [1.807, 2.05) is 13.8 Å². The molecular weight excluding hydrogens is 292 g/mol. The van der Waals surface area contributed by atoms with Gasteiger partial charge in [-0.05, 0) is 18.1 Å². The second kappa shape index (κ2) is 6.09. The van der Waals surface area contributed by atoms with E-state index < -0.39 is 16.1 Å². The van der Waals surface area contributed by atoms with E-state index in [2.05, 4.69) is 4.98 Å². The largest absolute Gasteiger partial charge is 0.480 e.